The zero-order chi connectivity index (χ0) is 19.5. The van der Waals surface area contributed by atoms with Crippen molar-refractivity contribution in [2.45, 2.75) is 20.0 Å². The normalized spacial score (nSPS) is 15.8. The van der Waals surface area contributed by atoms with Gasteiger partial charge in [0.05, 0.1) is 10.6 Å². The number of alkyl halides is 3. The van der Waals surface area contributed by atoms with Crippen LogP contribution in [0.25, 0.3) is 6.08 Å². The Labute approximate surface area is 155 Å². The molecule has 0 aliphatic carbocycles. The molecular formula is C18H20ClF3N2O2. The van der Waals surface area contributed by atoms with Gasteiger partial charge in [-0.1, -0.05) is 31.5 Å². The number of benzene rings is 1. The first-order chi connectivity index (χ1) is 12.1. The van der Waals surface area contributed by atoms with Crippen molar-refractivity contribution in [1.82, 2.24) is 9.80 Å². The van der Waals surface area contributed by atoms with E-state index in [1.807, 2.05) is 13.8 Å². The van der Waals surface area contributed by atoms with Crippen LogP contribution in [0.1, 0.15) is 25.0 Å². The molecular weight excluding hydrogens is 369 g/mol. The number of nitrogens with zero attached hydrogens (tertiary/aromatic N) is 2. The van der Waals surface area contributed by atoms with Crippen molar-refractivity contribution in [2.75, 3.05) is 26.2 Å². The van der Waals surface area contributed by atoms with Crippen molar-refractivity contribution in [3.63, 3.8) is 0 Å². The number of halogens is 4. The van der Waals surface area contributed by atoms with Gasteiger partial charge in [-0.05, 0) is 23.8 Å². The predicted octanol–water partition coefficient (Wildman–Crippen LogP) is 3.70. The largest absolute Gasteiger partial charge is 0.417 e. The van der Waals surface area contributed by atoms with Crippen LogP contribution < -0.4 is 0 Å². The Balaban J connectivity index is 1.99. The van der Waals surface area contributed by atoms with E-state index in [0.717, 1.165) is 12.1 Å². The smallest absolute Gasteiger partial charge is 0.339 e. The fourth-order valence-corrected chi connectivity index (χ4v) is 2.87. The van der Waals surface area contributed by atoms with Crippen LogP contribution in [0.2, 0.25) is 5.02 Å². The summed E-state index contributed by atoms with van der Waals surface area (Å²) in [6, 6.07) is 3.48. The number of amides is 2. The van der Waals surface area contributed by atoms with Gasteiger partial charge in [0.1, 0.15) is 0 Å². The number of rotatable bonds is 3. The van der Waals surface area contributed by atoms with E-state index < -0.39 is 11.7 Å². The van der Waals surface area contributed by atoms with Gasteiger partial charge in [-0.2, -0.15) is 13.2 Å². The molecule has 26 heavy (non-hydrogen) atoms. The Morgan fingerprint density at radius 2 is 1.69 bits per heavy atom. The highest BCUT2D eigenvalue weighted by molar-refractivity contribution is 6.31. The number of piperazine rings is 1. The van der Waals surface area contributed by atoms with Gasteiger partial charge in [0, 0.05) is 38.2 Å². The van der Waals surface area contributed by atoms with Crippen molar-refractivity contribution in [2.24, 2.45) is 5.92 Å². The molecule has 0 saturated carbocycles. The van der Waals surface area contributed by atoms with E-state index in [-0.39, 0.29) is 28.3 Å². The van der Waals surface area contributed by atoms with Crippen LogP contribution in [0.15, 0.2) is 24.3 Å². The lowest BCUT2D eigenvalue weighted by molar-refractivity contribution is -0.139. The van der Waals surface area contributed by atoms with Crippen molar-refractivity contribution in [3.8, 4) is 0 Å². The molecule has 0 spiro atoms. The Hall–Kier alpha value is -2.02. The summed E-state index contributed by atoms with van der Waals surface area (Å²) >= 11 is 5.58. The Morgan fingerprint density at radius 1 is 1.12 bits per heavy atom. The van der Waals surface area contributed by atoms with Crippen molar-refractivity contribution in [3.05, 3.63) is 40.4 Å². The highest BCUT2D eigenvalue weighted by Gasteiger charge is 2.33. The molecule has 1 aromatic carbocycles. The molecule has 142 valence electrons. The quantitative estimate of drug-likeness (QED) is 0.741. The third kappa shape index (κ3) is 5.00. The lowest BCUT2D eigenvalue weighted by Gasteiger charge is -2.35. The van der Waals surface area contributed by atoms with E-state index in [4.69, 9.17) is 11.6 Å². The number of hydrogen-bond donors (Lipinski definition) is 0. The summed E-state index contributed by atoms with van der Waals surface area (Å²) in [6.45, 7) is 5.35. The first kappa shape index (κ1) is 20.3. The Bertz CT molecular complexity index is 709. The molecule has 0 N–H and O–H groups in total. The predicted molar refractivity (Wildman–Crippen MR) is 93.5 cm³/mol. The van der Waals surface area contributed by atoms with Gasteiger partial charge >= 0.3 is 6.18 Å². The zero-order valence-electron chi connectivity index (χ0n) is 14.5. The van der Waals surface area contributed by atoms with Crippen molar-refractivity contribution < 1.29 is 22.8 Å². The highest BCUT2D eigenvalue weighted by Crippen LogP contribution is 2.35. The Morgan fingerprint density at radius 3 is 2.23 bits per heavy atom. The average Bonchev–Trinajstić information content (AvgIpc) is 2.59. The maximum atomic E-state index is 12.9. The standard InChI is InChI=1S/C18H20ClF3N2O2/c1-12(2)17(26)24-9-7-23(8-10-24)16(25)6-4-13-3-5-15(19)14(11-13)18(20,21)22/h3-6,11-12H,7-10H2,1-2H3/b6-4+. The molecule has 0 atom stereocenters. The first-order valence-corrected chi connectivity index (χ1v) is 8.60. The molecule has 1 aliphatic heterocycles. The van der Waals surface area contributed by atoms with E-state index in [2.05, 4.69) is 0 Å². The minimum absolute atomic E-state index is 0.0495. The van der Waals surface area contributed by atoms with Crippen LogP contribution in [-0.4, -0.2) is 47.8 Å². The van der Waals surface area contributed by atoms with Crippen LogP contribution in [0.3, 0.4) is 0 Å². The van der Waals surface area contributed by atoms with Crippen LogP contribution in [0.5, 0.6) is 0 Å². The third-order valence-electron chi connectivity index (χ3n) is 4.11. The molecule has 1 aliphatic rings. The molecule has 0 unspecified atom stereocenters. The molecule has 8 heteroatoms. The van der Waals surface area contributed by atoms with Gasteiger partial charge in [-0.25, -0.2) is 0 Å². The SMILES string of the molecule is CC(C)C(=O)N1CCN(C(=O)/C=C/c2ccc(Cl)c(C(F)(F)F)c2)CC1. The van der Waals surface area contributed by atoms with Crippen LogP contribution in [0, 0.1) is 5.92 Å². The minimum Gasteiger partial charge on any atom is -0.339 e. The molecule has 1 heterocycles. The lowest BCUT2D eigenvalue weighted by Crippen LogP contribution is -2.51. The van der Waals surface area contributed by atoms with Gasteiger partial charge in [-0.3, -0.25) is 9.59 Å². The van der Waals surface area contributed by atoms with Gasteiger partial charge in [0.2, 0.25) is 11.8 Å². The van der Waals surface area contributed by atoms with E-state index in [9.17, 15) is 22.8 Å². The summed E-state index contributed by atoms with van der Waals surface area (Å²) in [6.07, 6.45) is -1.98. The molecule has 1 fully saturated rings. The van der Waals surface area contributed by atoms with Gasteiger partial charge in [0.15, 0.2) is 0 Å². The molecule has 0 radical (unpaired) electrons. The average molecular weight is 389 g/mol. The van der Waals surface area contributed by atoms with Crippen LogP contribution >= 0.6 is 11.6 Å². The van der Waals surface area contributed by atoms with E-state index in [1.165, 1.54) is 18.2 Å². The van der Waals surface area contributed by atoms with E-state index >= 15 is 0 Å². The van der Waals surface area contributed by atoms with Crippen molar-refractivity contribution in [1.29, 1.82) is 0 Å². The third-order valence-corrected chi connectivity index (χ3v) is 4.44. The van der Waals surface area contributed by atoms with Gasteiger partial charge in [-0.15, -0.1) is 0 Å². The monoisotopic (exact) mass is 388 g/mol. The van der Waals surface area contributed by atoms with E-state index in [0.29, 0.717) is 26.2 Å². The molecule has 1 saturated heterocycles. The lowest BCUT2D eigenvalue weighted by atomic mass is 10.1. The second-order valence-electron chi connectivity index (χ2n) is 6.38. The second-order valence-corrected chi connectivity index (χ2v) is 6.78. The fraction of sp³-hybridized carbons (Fsp3) is 0.444. The van der Waals surface area contributed by atoms with Crippen molar-refractivity contribution >= 4 is 29.5 Å². The Kier molecular flexibility index (Phi) is 6.34. The summed E-state index contributed by atoms with van der Waals surface area (Å²) < 4.78 is 38.6. The zero-order valence-corrected chi connectivity index (χ0v) is 15.3. The summed E-state index contributed by atoms with van der Waals surface area (Å²) in [5.41, 5.74) is -0.696. The molecule has 0 aromatic heterocycles. The van der Waals surface area contributed by atoms with Crippen LogP contribution in [-0.2, 0) is 15.8 Å². The molecule has 0 bridgehead atoms. The first-order valence-electron chi connectivity index (χ1n) is 8.22. The number of carbonyl (C=O) groups excluding carboxylic acids is 2. The highest BCUT2D eigenvalue weighted by atomic mass is 35.5. The van der Waals surface area contributed by atoms with Gasteiger partial charge in [0.25, 0.3) is 0 Å². The van der Waals surface area contributed by atoms with E-state index in [1.54, 1.807) is 9.80 Å². The molecule has 2 amide bonds. The maximum absolute atomic E-state index is 12.9. The fourth-order valence-electron chi connectivity index (χ4n) is 2.65. The summed E-state index contributed by atoms with van der Waals surface area (Å²) in [5, 5.41) is -0.382. The number of carbonyl (C=O) groups is 2. The topological polar surface area (TPSA) is 40.6 Å². The second kappa shape index (κ2) is 8.12. The molecule has 1 aromatic rings. The minimum atomic E-state index is -4.55. The van der Waals surface area contributed by atoms with Gasteiger partial charge < -0.3 is 9.80 Å². The molecule has 2 rings (SSSR count). The summed E-state index contributed by atoms with van der Waals surface area (Å²) in [4.78, 5) is 27.4. The maximum Gasteiger partial charge on any atom is 0.417 e. The summed E-state index contributed by atoms with van der Waals surface area (Å²) in [7, 11) is 0. The molecule has 4 nitrogen and oxygen atoms in total. The summed E-state index contributed by atoms with van der Waals surface area (Å²) in [5.74, 6) is -0.344. The van der Waals surface area contributed by atoms with Crippen LogP contribution in [0.4, 0.5) is 13.2 Å². The number of hydrogen-bond acceptors (Lipinski definition) is 2.